The van der Waals surface area contributed by atoms with Crippen molar-refractivity contribution in [2.45, 2.75) is 19.9 Å². The third kappa shape index (κ3) is 3.92. The molecule has 70 valence electrons. The standard InChI is InChI=1S/C7H13NO4/c1-5(2)6(8)7(10)12-4-11-3-9/h3,5-6H,4,8H2,1-2H3/t6-/m0/s1. The zero-order valence-electron chi connectivity index (χ0n) is 7.15. The average molecular weight is 175 g/mol. The molecule has 1 atom stereocenters. The van der Waals surface area contributed by atoms with E-state index in [0.29, 0.717) is 0 Å². The van der Waals surface area contributed by atoms with Crippen molar-refractivity contribution in [2.24, 2.45) is 11.7 Å². The van der Waals surface area contributed by atoms with E-state index in [0.717, 1.165) is 0 Å². The largest absolute Gasteiger partial charge is 0.430 e. The minimum atomic E-state index is -0.666. The van der Waals surface area contributed by atoms with E-state index >= 15 is 0 Å². The Morgan fingerprint density at radius 2 is 2.17 bits per heavy atom. The normalized spacial score (nSPS) is 12.3. The van der Waals surface area contributed by atoms with E-state index in [1.54, 1.807) is 13.8 Å². The smallest absolute Gasteiger partial charge is 0.326 e. The van der Waals surface area contributed by atoms with Gasteiger partial charge in [0, 0.05) is 0 Å². The van der Waals surface area contributed by atoms with Crippen molar-refractivity contribution in [3.63, 3.8) is 0 Å². The Labute approximate surface area is 70.8 Å². The maximum absolute atomic E-state index is 10.9. The maximum atomic E-state index is 10.9. The van der Waals surface area contributed by atoms with Crippen LogP contribution in [0.1, 0.15) is 13.8 Å². The Morgan fingerprint density at radius 3 is 2.58 bits per heavy atom. The second kappa shape index (κ2) is 5.54. The summed E-state index contributed by atoms with van der Waals surface area (Å²) in [5.41, 5.74) is 5.42. The lowest BCUT2D eigenvalue weighted by atomic mass is 10.1. The molecule has 0 radical (unpaired) electrons. The van der Waals surface area contributed by atoms with Gasteiger partial charge in [-0.05, 0) is 5.92 Å². The van der Waals surface area contributed by atoms with Crippen LogP contribution >= 0.6 is 0 Å². The van der Waals surface area contributed by atoms with E-state index in [2.05, 4.69) is 9.47 Å². The fourth-order valence-corrected chi connectivity index (χ4v) is 0.488. The molecule has 0 aromatic rings. The molecule has 0 saturated carbocycles. The van der Waals surface area contributed by atoms with Crippen molar-refractivity contribution in [3.05, 3.63) is 0 Å². The van der Waals surface area contributed by atoms with Crippen molar-refractivity contribution >= 4 is 12.4 Å². The summed E-state index contributed by atoms with van der Waals surface area (Å²) in [4.78, 5) is 20.6. The van der Waals surface area contributed by atoms with E-state index in [-0.39, 0.29) is 19.2 Å². The highest BCUT2D eigenvalue weighted by Gasteiger charge is 2.18. The highest BCUT2D eigenvalue weighted by molar-refractivity contribution is 5.75. The van der Waals surface area contributed by atoms with E-state index in [4.69, 9.17) is 5.73 Å². The predicted molar refractivity (Wildman–Crippen MR) is 40.9 cm³/mol. The summed E-state index contributed by atoms with van der Waals surface area (Å²) in [6.45, 7) is 3.43. The monoisotopic (exact) mass is 175 g/mol. The number of ether oxygens (including phenoxy) is 2. The second-order valence-corrected chi connectivity index (χ2v) is 2.61. The Morgan fingerprint density at radius 1 is 1.58 bits per heavy atom. The lowest BCUT2D eigenvalue weighted by Crippen LogP contribution is -2.37. The number of nitrogens with two attached hydrogens (primary N) is 1. The number of carbonyl (C=O) groups excluding carboxylic acids is 2. The van der Waals surface area contributed by atoms with Gasteiger partial charge in [-0.1, -0.05) is 13.8 Å². The van der Waals surface area contributed by atoms with Crippen molar-refractivity contribution in [2.75, 3.05) is 6.79 Å². The van der Waals surface area contributed by atoms with Gasteiger partial charge in [-0.3, -0.25) is 9.59 Å². The molecule has 0 aromatic carbocycles. The first-order chi connectivity index (χ1) is 5.59. The first-order valence-corrected chi connectivity index (χ1v) is 3.57. The SMILES string of the molecule is CC(C)[C@H](N)C(=O)OCOC=O. The second-order valence-electron chi connectivity index (χ2n) is 2.61. The number of rotatable bonds is 5. The first-order valence-electron chi connectivity index (χ1n) is 3.57. The molecule has 0 aliphatic carbocycles. The van der Waals surface area contributed by atoms with Crippen molar-refractivity contribution in [1.82, 2.24) is 0 Å². The zero-order chi connectivity index (χ0) is 9.56. The van der Waals surface area contributed by atoms with Gasteiger partial charge in [0.15, 0.2) is 0 Å². The summed E-state index contributed by atoms with van der Waals surface area (Å²) in [5, 5.41) is 0. The summed E-state index contributed by atoms with van der Waals surface area (Å²) >= 11 is 0. The van der Waals surface area contributed by atoms with Crippen LogP contribution in [0.4, 0.5) is 0 Å². The molecule has 0 heterocycles. The summed E-state index contributed by atoms with van der Waals surface area (Å²) in [6, 6.07) is -0.666. The van der Waals surface area contributed by atoms with Gasteiger partial charge < -0.3 is 15.2 Å². The third-order valence-electron chi connectivity index (χ3n) is 1.33. The fraction of sp³-hybridized carbons (Fsp3) is 0.714. The Balaban J connectivity index is 3.64. The Kier molecular flexibility index (Phi) is 5.03. The summed E-state index contributed by atoms with van der Waals surface area (Å²) in [7, 11) is 0. The van der Waals surface area contributed by atoms with Crippen LogP contribution in [0.2, 0.25) is 0 Å². The van der Waals surface area contributed by atoms with Crippen LogP contribution in [0.5, 0.6) is 0 Å². The maximum Gasteiger partial charge on any atom is 0.326 e. The van der Waals surface area contributed by atoms with Gasteiger partial charge in [0.1, 0.15) is 6.04 Å². The summed E-state index contributed by atoms with van der Waals surface area (Å²) < 4.78 is 8.64. The fourth-order valence-electron chi connectivity index (χ4n) is 0.488. The average Bonchev–Trinajstić information content (AvgIpc) is 2.03. The van der Waals surface area contributed by atoms with Gasteiger partial charge in [-0.15, -0.1) is 0 Å². The molecule has 0 saturated heterocycles. The quantitative estimate of drug-likeness (QED) is 0.267. The molecule has 12 heavy (non-hydrogen) atoms. The minimum absolute atomic E-state index is 0.00808. The Hall–Kier alpha value is -1.10. The molecule has 2 N–H and O–H groups in total. The van der Waals surface area contributed by atoms with Gasteiger partial charge in [-0.2, -0.15) is 0 Å². The van der Waals surface area contributed by atoms with Crippen LogP contribution in [0.15, 0.2) is 0 Å². The zero-order valence-corrected chi connectivity index (χ0v) is 7.15. The van der Waals surface area contributed by atoms with E-state index in [9.17, 15) is 9.59 Å². The number of hydrogen-bond acceptors (Lipinski definition) is 5. The summed E-state index contributed by atoms with van der Waals surface area (Å²) in [5.74, 6) is -0.555. The molecule has 0 fully saturated rings. The molecule has 0 bridgehead atoms. The number of hydrogen-bond donors (Lipinski definition) is 1. The van der Waals surface area contributed by atoms with Crippen LogP contribution in [0.3, 0.4) is 0 Å². The van der Waals surface area contributed by atoms with Crippen LogP contribution in [-0.2, 0) is 19.1 Å². The molecule has 0 amide bonds. The molecule has 0 spiro atoms. The van der Waals surface area contributed by atoms with Crippen LogP contribution in [0.25, 0.3) is 0 Å². The summed E-state index contributed by atoms with van der Waals surface area (Å²) in [6.07, 6.45) is 0. The molecule has 0 unspecified atom stereocenters. The van der Waals surface area contributed by atoms with Gasteiger partial charge in [0.25, 0.3) is 6.47 Å². The highest BCUT2D eigenvalue weighted by Crippen LogP contribution is 1.99. The van der Waals surface area contributed by atoms with Crippen LogP contribution < -0.4 is 5.73 Å². The predicted octanol–water partition coefficient (Wildman–Crippen LogP) is -0.357. The molecule has 0 aliphatic rings. The molecule has 0 aliphatic heterocycles. The Bertz CT molecular complexity index is 157. The van der Waals surface area contributed by atoms with Gasteiger partial charge in [0.05, 0.1) is 0 Å². The van der Waals surface area contributed by atoms with Gasteiger partial charge in [0.2, 0.25) is 6.79 Å². The molecular formula is C7H13NO4. The van der Waals surface area contributed by atoms with Crippen LogP contribution in [-0.4, -0.2) is 25.3 Å². The number of esters is 1. The molecule has 5 heteroatoms. The van der Waals surface area contributed by atoms with Gasteiger partial charge in [-0.25, -0.2) is 0 Å². The molecule has 0 rings (SSSR count). The van der Waals surface area contributed by atoms with E-state index in [1.807, 2.05) is 0 Å². The van der Waals surface area contributed by atoms with Crippen molar-refractivity contribution in [1.29, 1.82) is 0 Å². The van der Waals surface area contributed by atoms with E-state index in [1.165, 1.54) is 0 Å². The topological polar surface area (TPSA) is 78.6 Å². The lowest BCUT2D eigenvalue weighted by Gasteiger charge is -2.13. The third-order valence-corrected chi connectivity index (χ3v) is 1.33. The van der Waals surface area contributed by atoms with Crippen LogP contribution in [0, 0.1) is 5.92 Å². The molecule has 0 aromatic heterocycles. The van der Waals surface area contributed by atoms with Crippen molar-refractivity contribution < 1.29 is 19.1 Å². The lowest BCUT2D eigenvalue weighted by molar-refractivity contribution is -0.161. The van der Waals surface area contributed by atoms with E-state index < -0.39 is 12.0 Å². The number of carbonyl (C=O) groups is 2. The highest BCUT2D eigenvalue weighted by atomic mass is 16.7. The minimum Gasteiger partial charge on any atom is -0.430 e. The van der Waals surface area contributed by atoms with Crippen molar-refractivity contribution in [3.8, 4) is 0 Å². The first kappa shape index (κ1) is 10.9. The van der Waals surface area contributed by atoms with Gasteiger partial charge >= 0.3 is 5.97 Å². The molecule has 5 nitrogen and oxygen atoms in total. The molecular weight excluding hydrogens is 162 g/mol.